The average molecular weight is 166 g/mol. The fourth-order valence-electron chi connectivity index (χ4n) is 0.809. The first-order chi connectivity index (χ1) is 5.24. The molecular weight excluding hydrogens is 156 g/mol. The Balaban J connectivity index is 2.67. The van der Waals surface area contributed by atoms with E-state index >= 15 is 0 Å². The molecule has 0 aliphatic carbocycles. The molecule has 0 aromatic carbocycles. The van der Waals surface area contributed by atoms with E-state index in [4.69, 9.17) is 5.26 Å². The zero-order valence-corrected chi connectivity index (χ0v) is 7.53. The van der Waals surface area contributed by atoms with Gasteiger partial charge in [0.05, 0.1) is 16.8 Å². The Bertz CT molecular complexity index is 263. The molecule has 58 valence electrons. The lowest BCUT2D eigenvalue weighted by Crippen LogP contribution is -1.81. The number of nitriles is 1. The third kappa shape index (κ3) is 2.02. The Morgan fingerprint density at radius 2 is 2.27 bits per heavy atom. The van der Waals surface area contributed by atoms with E-state index in [1.807, 2.05) is 6.92 Å². The molecule has 1 heterocycles. The van der Waals surface area contributed by atoms with E-state index in [0.29, 0.717) is 6.42 Å². The van der Waals surface area contributed by atoms with Gasteiger partial charge in [0.1, 0.15) is 0 Å². The number of aryl methyl sites for hydroxylation is 3. The molecule has 0 fully saturated rings. The summed E-state index contributed by atoms with van der Waals surface area (Å²) in [6.07, 6.45) is 1.38. The summed E-state index contributed by atoms with van der Waals surface area (Å²) >= 11 is 1.69. The van der Waals surface area contributed by atoms with Crippen molar-refractivity contribution in [3.05, 3.63) is 15.6 Å². The van der Waals surface area contributed by atoms with Crippen molar-refractivity contribution in [2.24, 2.45) is 0 Å². The number of hydrogen-bond donors (Lipinski definition) is 0. The van der Waals surface area contributed by atoms with Gasteiger partial charge in [0.2, 0.25) is 0 Å². The minimum Gasteiger partial charge on any atom is -0.246 e. The molecule has 0 atom stereocenters. The summed E-state index contributed by atoms with van der Waals surface area (Å²) in [5.41, 5.74) is 1.10. The summed E-state index contributed by atoms with van der Waals surface area (Å²) in [6.45, 7) is 4.06. The second-order valence-electron chi connectivity index (χ2n) is 2.41. The Kier molecular flexibility index (Phi) is 2.61. The Morgan fingerprint density at radius 1 is 1.55 bits per heavy atom. The number of nitrogens with zero attached hydrogens (tertiary/aromatic N) is 2. The van der Waals surface area contributed by atoms with Crippen molar-refractivity contribution in [2.75, 3.05) is 0 Å². The van der Waals surface area contributed by atoms with Crippen LogP contribution in [0.1, 0.15) is 22.0 Å². The molecule has 1 rings (SSSR count). The maximum Gasteiger partial charge on any atom is 0.0941 e. The van der Waals surface area contributed by atoms with E-state index in [-0.39, 0.29) is 0 Å². The van der Waals surface area contributed by atoms with Crippen molar-refractivity contribution >= 4 is 11.3 Å². The van der Waals surface area contributed by atoms with Gasteiger partial charge in [-0.3, -0.25) is 0 Å². The second kappa shape index (κ2) is 3.49. The van der Waals surface area contributed by atoms with Crippen molar-refractivity contribution < 1.29 is 0 Å². The molecule has 0 bridgehead atoms. The lowest BCUT2D eigenvalue weighted by atomic mass is 10.3. The highest BCUT2D eigenvalue weighted by atomic mass is 32.1. The molecule has 0 N–H and O–H groups in total. The quantitative estimate of drug-likeness (QED) is 0.675. The van der Waals surface area contributed by atoms with Crippen LogP contribution in [0.2, 0.25) is 0 Å². The van der Waals surface area contributed by atoms with Gasteiger partial charge in [-0.15, -0.1) is 11.3 Å². The van der Waals surface area contributed by atoms with E-state index in [2.05, 4.69) is 18.0 Å². The van der Waals surface area contributed by atoms with E-state index in [9.17, 15) is 0 Å². The SMILES string of the molecule is Cc1nc(CCC#N)sc1C. The predicted molar refractivity (Wildman–Crippen MR) is 45.5 cm³/mol. The molecule has 1 aromatic heterocycles. The largest absolute Gasteiger partial charge is 0.246 e. The van der Waals surface area contributed by atoms with Crippen LogP contribution in [0.15, 0.2) is 0 Å². The molecule has 0 radical (unpaired) electrons. The predicted octanol–water partition coefficient (Wildman–Crippen LogP) is 2.22. The molecule has 0 saturated heterocycles. The van der Waals surface area contributed by atoms with Crippen LogP contribution in [0.4, 0.5) is 0 Å². The van der Waals surface area contributed by atoms with Crippen LogP contribution in [0, 0.1) is 25.2 Å². The first-order valence-electron chi connectivity index (χ1n) is 3.54. The molecule has 3 heteroatoms. The van der Waals surface area contributed by atoms with Gasteiger partial charge in [0.15, 0.2) is 0 Å². The highest BCUT2D eigenvalue weighted by Crippen LogP contribution is 2.17. The maximum atomic E-state index is 8.33. The van der Waals surface area contributed by atoms with Crippen molar-refractivity contribution in [3.8, 4) is 6.07 Å². The first-order valence-corrected chi connectivity index (χ1v) is 4.35. The summed E-state index contributed by atoms with van der Waals surface area (Å²) in [4.78, 5) is 5.58. The molecule has 2 nitrogen and oxygen atoms in total. The van der Waals surface area contributed by atoms with Crippen molar-refractivity contribution in [2.45, 2.75) is 26.7 Å². The minimum atomic E-state index is 0.576. The molecule has 0 amide bonds. The molecule has 0 aliphatic heterocycles. The smallest absolute Gasteiger partial charge is 0.0941 e. The summed E-state index contributed by atoms with van der Waals surface area (Å²) < 4.78 is 0. The molecule has 0 saturated carbocycles. The molecule has 0 aliphatic rings. The van der Waals surface area contributed by atoms with Gasteiger partial charge in [-0.05, 0) is 13.8 Å². The summed E-state index contributed by atoms with van der Waals surface area (Å²) in [7, 11) is 0. The fraction of sp³-hybridized carbons (Fsp3) is 0.500. The molecule has 0 spiro atoms. The molecule has 0 unspecified atom stereocenters. The number of thiazole rings is 1. The highest BCUT2D eigenvalue weighted by molar-refractivity contribution is 7.11. The van der Waals surface area contributed by atoms with Crippen LogP contribution in [0.5, 0.6) is 0 Å². The Labute approximate surface area is 70.5 Å². The zero-order chi connectivity index (χ0) is 8.27. The first kappa shape index (κ1) is 8.22. The summed E-state index contributed by atoms with van der Waals surface area (Å²) in [5.74, 6) is 0. The van der Waals surface area contributed by atoms with Gasteiger partial charge in [0.25, 0.3) is 0 Å². The average Bonchev–Trinajstić information content (AvgIpc) is 2.28. The van der Waals surface area contributed by atoms with Crippen LogP contribution in [-0.4, -0.2) is 4.98 Å². The van der Waals surface area contributed by atoms with E-state index < -0.39 is 0 Å². The normalized spacial score (nSPS) is 9.55. The molecule has 1 aromatic rings. The third-order valence-electron chi connectivity index (χ3n) is 1.52. The number of hydrogen-bond acceptors (Lipinski definition) is 3. The lowest BCUT2D eigenvalue weighted by Gasteiger charge is -1.84. The van der Waals surface area contributed by atoms with Gasteiger partial charge < -0.3 is 0 Å². The topological polar surface area (TPSA) is 36.7 Å². The van der Waals surface area contributed by atoms with Gasteiger partial charge in [-0.1, -0.05) is 0 Å². The van der Waals surface area contributed by atoms with Crippen LogP contribution in [0.3, 0.4) is 0 Å². The van der Waals surface area contributed by atoms with E-state index in [1.165, 1.54) is 4.88 Å². The fourth-order valence-corrected chi connectivity index (χ4v) is 1.74. The van der Waals surface area contributed by atoms with Crippen molar-refractivity contribution in [1.82, 2.24) is 4.98 Å². The molecule has 11 heavy (non-hydrogen) atoms. The van der Waals surface area contributed by atoms with Crippen LogP contribution in [-0.2, 0) is 6.42 Å². The summed E-state index contributed by atoms with van der Waals surface area (Å²) in [6, 6.07) is 2.11. The lowest BCUT2D eigenvalue weighted by molar-refractivity contribution is 0.976. The van der Waals surface area contributed by atoms with Crippen LogP contribution in [0.25, 0.3) is 0 Å². The Hall–Kier alpha value is -0.880. The maximum absolute atomic E-state index is 8.33. The second-order valence-corrected chi connectivity index (χ2v) is 3.70. The van der Waals surface area contributed by atoms with Crippen molar-refractivity contribution in [3.63, 3.8) is 0 Å². The van der Waals surface area contributed by atoms with Crippen LogP contribution >= 0.6 is 11.3 Å². The van der Waals surface area contributed by atoms with Gasteiger partial charge in [-0.25, -0.2) is 4.98 Å². The Morgan fingerprint density at radius 3 is 2.73 bits per heavy atom. The third-order valence-corrected chi connectivity index (χ3v) is 2.66. The molecular formula is C8H10N2S. The van der Waals surface area contributed by atoms with E-state index in [0.717, 1.165) is 17.1 Å². The van der Waals surface area contributed by atoms with Crippen molar-refractivity contribution in [1.29, 1.82) is 5.26 Å². The van der Waals surface area contributed by atoms with Gasteiger partial charge in [-0.2, -0.15) is 5.26 Å². The standard InChI is InChI=1S/C8H10N2S/c1-6-7(2)11-8(10-6)4-3-5-9/h3-4H2,1-2H3. The number of aromatic nitrogens is 1. The van der Waals surface area contributed by atoms with E-state index in [1.54, 1.807) is 11.3 Å². The highest BCUT2D eigenvalue weighted by Gasteiger charge is 2.01. The van der Waals surface area contributed by atoms with Crippen LogP contribution < -0.4 is 0 Å². The minimum absolute atomic E-state index is 0.576. The number of rotatable bonds is 2. The summed E-state index contributed by atoms with van der Waals surface area (Å²) in [5, 5.41) is 9.42. The monoisotopic (exact) mass is 166 g/mol. The van der Waals surface area contributed by atoms with Gasteiger partial charge in [0, 0.05) is 17.7 Å². The zero-order valence-electron chi connectivity index (χ0n) is 6.72. The van der Waals surface area contributed by atoms with Gasteiger partial charge >= 0.3 is 0 Å².